The Morgan fingerprint density at radius 1 is 1.29 bits per heavy atom. The van der Waals surface area contributed by atoms with E-state index in [9.17, 15) is 4.79 Å². The molecule has 21 heavy (non-hydrogen) atoms. The topological polar surface area (TPSA) is 58.4 Å². The summed E-state index contributed by atoms with van der Waals surface area (Å²) in [4.78, 5) is 14.2. The van der Waals surface area contributed by atoms with Crippen LogP contribution in [-0.2, 0) is 11.2 Å². The number of nitrogens with two attached hydrogens (primary N) is 1. The molecule has 3 rings (SSSR count). The van der Waals surface area contributed by atoms with Gasteiger partial charge in [-0.1, -0.05) is 17.7 Å². The SMILES string of the molecule is Nc1ccc2c(c1)CCN2CC(=O)Nc1cccc(Cl)c1. The summed E-state index contributed by atoms with van der Waals surface area (Å²) in [5, 5.41) is 3.47. The van der Waals surface area contributed by atoms with Crippen LogP contribution < -0.4 is 16.0 Å². The summed E-state index contributed by atoms with van der Waals surface area (Å²) in [7, 11) is 0. The molecule has 1 amide bonds. The van der Waals surface area contributed by atoms with Crippen LogP contribution in [-0.4, -0.2) is 19.0 Å². The van der Waals surface area contributed by atoms with Gasteiger partial charge in [-0.05, 0) is 48.4 Å². The lowest BCUT2D eigenvalue weighted by molar-refractivity contribution is -0.115. The standard InChI is InChI=1S/C16H16ClN3O/c17-12-2-1-3-14(9-12)19-16(21)10-20-7-6-11-8-13(18)4-5-15(11)20/h1-5,8-9H,6-7,10,18H2,(H,19,21). The minimum absolute atomic E-state index is 0.0538. The normalized spacial score (nSPS) is 13.1. The average molecular weight is 302 g/mol. The minimum Gasteiger partial charge on any atom is -0.399 e. The fourth-order valence-electron chi connectivity index (χ4n) is 2.59. The first-order valence-corrected chi connectivity index (χ1v) is 7.18. The van der Waals surface area contributed by atoms with Crippen LogP contribution in [0.1, 0.15) is 5.56 Å². The van der Waals surface area contributed by atoms with Gasteiger partial charge in [0, 0.05) is 28.6 Å². The smallest absolute Gasteiger partial charge is 0.243 e. The van der Waals surface area contributed by atoms with Gasteiger partial charge in [0.25, 0.3) is 0 Å². The van der Waals surface area contributed by atoms with Crippen LogP contribution in [0.2, 0.25) is 5.02 Å². The van der Waals surface area contributed by atoms with Crippen molar-refractivity contribution >= 4 is 34.6 Å². The summed E-state index contributed by atoms with van der Waals surface area (Å²) >= 11 is 5.91. The Hall–Kier alpha value is -2.20. The lowest BCUT2D eigenvalue weighted by atomic mass is 10.1. The molecule has 0 saturated heterocycles. The zero-order valence-corrected chi connectivity index (χ0v) is 12.2. The third-order valence-corrected chi connectivity index (χ3v) is 3.77. The largest absolute Gasteiger partial charge is 0.399 e. The van der Waals surface area contributed by atoms with E-state index < -0.39 is 0 Å². The number of benzene rings is 2. The molecule has 4 nitrogen and oxygen atoms in total. The lowest BCUT2D eigenvalue weighted by Crippen LogP contribution is -2.31. The number of halogens is 1. The summed E-state index contributed by atoms with van der Waals surface area (Å²) in [6.45, 7) is 1.16. The molecule has 108 valence electrons. The van der Waals surface area contributed by atoms with Crippen molar-refractivity contribution in [1.82, 2.24) is 0 Å². The number of rotatable bonds is 3. The van der Waals surface area contributed by atoms with Crippen molar-refractivity contribution in [1.29, 1.82) is 0 Å². The van der Waals surface area contributed by atoms with Crippen LogP contribution in [0.3, 0.4) is 0 Å². The van der Waals surface area contributed by atoms with E-state index in [1.54, 1.807) is 12.1 Å². The van der Waals surface area contributed by atoms with Crippen LogP contribution in [0.25, 0.3) is 0 Å². The van der Waals surface area contributed by atoms with E-state index in [0.717, 1.165) is 24.3 Å². The molecular weight excluding hydrogens is 286 g/mol. The van der Waals surface area contributed by atoms with Crippen molar-refractivity contribution in [3.8, 4) is 0 Å². The van der Waals surface area contributed by atoms with E-state index in [2.05, 4.69) is 10.2 Å². The molecule has 0 aromatic heterocycles. The number of nitrogen functional groups attached to an aromatic ring is 1. The number of hydrogen-bond acceptors (Lipinski definition) is 3. The Kier molecular flexibility index (Phi) is 3.71. The number of anilines is 3. The van der Waals surface area contributed by atoms with Gasteiger partial charge in [-0.3, -0.25) is 4.79 Å². The first kappa shape index (κ1) is 13.8. The maximum atomic E-state index is 12.1. The Labute approximate surface area is 128 Å². The van der Waals surface area contributed by atoms with Gasteiger partial charge in [0.05, 0.1) is 6.54 Å². The molecule has 1 aliphatic heterocycles. The molecule has 5 heteroatoms. The first-order valence-electron chi connectivity index (χ1n) is 6.80. The highest BCUT2D eigenvalue weighted by molar-refractivity contribution is 6.30. The van der Waals surface area contributed by atoms with E-state index in [1.165, 1.54) is 5.56 Å². The molecule has 0 unspecified atom stereocenters. The number of nitrogens with one attached hydrogen (secondary N) is 1. The van der Waals surface area contributed by atoms with Gasteiger partial charge in [-0.2, -0.15) is 0 Å². The van der Waals surface area contributed by atoms with Gasteiger partial charge < -0.3 is 16.0 Å². The first-order chi connectivity index (χ1) is 10.1. The van der Waals surface area contributed by atoms with Crippen molar-refractivity contribution in [3.63, 3.8) is 0 Å². The molecule has 0 fully saturated rings. The van der Waals surface area contributed by atoms with Crippen LogP contribution >= 0.6 is 11.6 Å². The van der Waals surface area contributed by atoms with E-state index in [1.807, 2.05) is 30.3 Å². The number of carbonyl (C=O) groups is 1. The fourth-order valence-corrected chi connectivity index (χ4v) is 2.78. The van der Waals surface area contributed by atoms with Gasteiger partial charge in [-0.15, -0.1) is 0 Å². The summed E-state index contributed by atoms with van der Waals surface area (Å²) < 4.78 is 0. The molecule has 0 radical (unpaired) electrons. The second-order valence-corrected chi connectivity index (χ2v) is 5.55. The number of carbonyl (C=O) groups excluding carboxylic acids is 1. The molecule has 0 bridgehead atoms. The van der Waals surface area contributed by atoms with Gasteiger partial charge in [-0.25, -0.2) is 0 Å². The molecule has 0 aliphatic carbocycles. The number of fused-ring (bicyclic) bond motifs is 1. The molecule has 3 N–H and O–H groups in total. The lowest BCUT2D eigenvalue weighted by Gasteiger charge is -2.19. The number of amides is 1. The fraction of sp³-hybridized carbons (Fsp3) is 0.188. The maximum absolute atomic E-state index is 12.1. The highest BCUT2D eigenvalue weighted by Gasteiger charge is 2.21. The van der Waals surface area contributed by atoms with Crippen LogP contribution in [0.15, 0.2) is 42.5 Å². The van der Waals surface area contributed by atoms with Crippen molar-refractivity contribution in [2.24, 2.45) is 0 Å². The molecule has 2 aromatic carbocycles. The van der Waals surface area contributed by atoms with Crippen LogP contribution in [0, 0.1) is 0 Å². The highest BCUT2D eigenvalue weighted by atomic mass is 35.5. The minimum atomic E-state index is -0.0538. The molecule has 1 heterocycles. The summed E-state index contributed by atoms with van der Waals surface area (Å²) in [5.74, 6) is -0.0538. The van der Waals surface area contributed by atoms with Crippen molar-refractivity contribution in [2.45, 2.75) is 6.42 Å². The van der Waals surface area contributed by atoms with Crippen molar-refractivity contribution < 1.29 is 4.79 Å². The van der Waals surface area contributed by atoms with Crippen LogP contribution in [0.4, 0.5) is 17.1 Å². The second kappa shape index (κ2) is 5.66. The maximum Gasteiger partial charge on any atom is 0.243 e. The second-order valence-electron chi connectivity index (χ2n) is 5.12. The Morgan fingerprint density at radius 2 is 2.14 bits per heavy atom. The Morgan fingerprint density at radius 3 is 2.95 bits per heavy atom. The number of nitrogens with zero attached hydrogens (tertiary/aromatic N) is 1. The van der Waals surface area contributed by atoms with E-state index in [0.29, 0.717) is 17.3 Å². The Bertz CT molecular complexity index is 687. The molecular formula is C16H16ClN3O. The van der Waals surface area contributed by atoms with E-state index >= 15 is 0 Å². The summed E-state index contributed by atoms with van der Waals surface area (Å²) in [6.07, 6.45) is 0.921. The van der Waals surface area contributed by atoms with E-state index in [4.69, 9.17) is 17.3 Å². The third kappa shape index (κ3) is 3.11. The highest BCUT2D eigenvalue weighted by Crippen LogP contribution is 2.29. The predicted molar refractivity (Wildman–Crippen MR) is 86.9 cm³/mol. The predicted octanol–water partition coefficient (Wildman–Crippen LogP) is 2.92. The molecule has 1 aliphatic rings. The van der Waals surface area contributed by atoms with Crippen molar-refractivity contribution in [3.05, 3.63) is 53.1 Å². The summed E-state index contributed by atoms with van der Waals surface area (Å²) in [6, 6.07) is 13.0. The van der Waals surface area contributed by atoms with Gasteiger partial charge in [0.15, 0.2) is 0 Å². The molecule has 2 aromatic rings. The van der Waals surface area contributed by atoms with Crippen molar-refractivity contribution in [2.75, 3.05) is 29.0 Å². The van der Waals surface area contributed by atoms with Gasteiger partial charge in [0.2, 0.25) is 5.91 Å². The third-order valence-electron chi connectivity index (χ3n) is 3.54. The quantitative estimate of drug-likeness (QED) is 0.857. The van der Waals surface area contributed by atoms with Gasteiger partial charge >= 0.3 is 0 Å². The molecule has 0 atom stereocenters. The molecule has 0 saturated carbocycles. The number of hydrogen-bond donors (Lipinski definition) is 2. The van der Waals surface area contributed by atoms with E-state index in [-0.39, 0.29) is 5.91 Å². The zero-order chi connectivity index (χ0) is 14.8. The van der Waals surface area contributed by atoms with Crippen LogP contribution in [0.5, 0.6) is 0 Å². The Balaban J connectivity index is 1.67. The zero-order valence-electron chi connectivity index (χ0n) is 11.5. The molecule has 0 spiro atoms. The monoisotopic (exact) mass is 301 g/mol. The summed E-state index contributed by atoms with van der Waals surface area (Å²) in [5.41, 5.74) is 9.55. The average Bonchev–Trinajstić information content (AvgIpc) is 2.81. The van der Waals surface area contributed by atoms with Gasteiger partial charge in [0.1, 0.15) is 0 Å².